The van der Waals surface area contributed by atoms with Crippen molar-refractivity contribution in [1.29, 1.82) is 0 Å². The van der Waals surface area contributed by atoms with E-state index in [4.69, 9.17) is 5.84 Å². The summed E-state index contributed by atoms with van der Waals surface area (Å²) in [4.78, 5) is 6.04. The van der Waals surface area contributed by atoms with Gasteiger partial charge in [-0.1, -0.05) is 6.92 Å². The molecule has 8 heteroatoms. The van der Waals surface area contributed by atoms with E-state index in [-0.39, 0.29) is 10.7 Å². The molecule has 0 aliphatic carbocycles. The number of sulfonamides is 1. The number of hydrogen-bond acceptors (Lipinski definition) is 6. The normalized spacial score (nSPS) is 13.4. The van der Waals surface area contributed by atoms with Gasteiger partial charge in [0.1, 0.15) is 4.90 Å². The second-order valence-corrected chi connectivity index (χ2v) is 6.37. The summed E-state index contributed by atoms with van der Waals surface area (Å²) in [5.74, 6) is 5.40. The van der Waals surface area contributed by atoms with Gasteiger partial charge in [-0.05, 0) is 32.5 Å². The van der Waals surface area contributed by atoms with Crippen LogP contribution in [0.3, 0.4) is 0 Å². The smallest absolute Gasteiger partial charge is 0.244 e. The molecule has 0 saturated heterocycles. The third kappa shape index (κ3) is 4.41. The molecule has 0 radical (unpaired) electrons. The van der Waals surface area contributed by atoms with E-state index >= 15 is 0 Å². The summed E-state index contributed by atoms with van der Waals surface area (Å²) in [6, 6.07) is 3.43. The quantitative estimate of drug-likeness (QED) is 0.474. The van der Waals surface area contributed by atoms with Crippen LogP contribution in [0.5, 0.6) is 0 Å². The average Bonchev–Trinajstić information content (AvgIpc) is 2.45. The Kier molecular flexibility index (Phi) is 6.34. The molecule has 1 rings (SSSR count). The Bertz CT molecular complexity index is 520. The number of nitrogens with two attached hydrogens (primary N) is 1. The highest BCUT2D eigenvalue weighted by Gasteiger charge is 2.18. The minimum absolute atomic E-state index is 0.0497. The van der Waals surface area contributed by atoms with Crippen LogP contribution in [-0.4, -0.2) is 44.5 Å². The van der Waals surface area contributed by atoms with Crippen molar-refractivity contribution in [2.45, 2.75) is 31.2 Å². The van der Waals surface area contributed by atoms with Crippen LogP contribution >= 0.6 is 0 Å². The zero-order valence-electron chi connectivity index (χ0n) is 12.1. The lowest BCUT2D eigenvalue weighted by Gasteiger charge is -2.23. The molecule has 4 N–H and O–H groups in total. The van der Waals surface area contributed by atoms with Crippen LogP contribution in [0, 0.1) is 0 Å². The van der Waals surface area contributed by atoms with E-state index in [0.717, 1.165) is 6.42 Å². The van der Waals surface area contributed by atoms with E-state index in [0.29, 0.717) is 19.1 Å². The maximum absolute atomic E-state index is 12.2. The van der Waals surface area contributed by atoms with Crippen molar-refractivity contribution < 1.29 is 8.42 Å². The lowest BCUT2D eigenvalue weighted by molar-refractivity contribution is 0.256. The molecule has 1 heterocycles. The van der Waals surface area contributed by atoms with E-state index in [1.54, 1.807) is 6.07 Å². The second kappa shape index (κ2) is 7.53. The van der Waals surface area contributed by atoms with Crippen LogP contribution in [0.15, 0.2) is 23.2 Å². The van der Waals surface area contributed by atoms with Crippen molar-refractivity contribution in [3.05, 3.63) is 18.3 Å². The third-order valence-electron chi connectivity index (χ3n) is 3.30. The molecule has 1 unspecified atom stereocenters. The van der Waals surface area contributed by atoms with Gasteiger partial charge >= 0.3 is 0 Å². The van der Waals surface area contributed by atoms with Gasteiger partial charge < -0.3 is 10.3 Å². The number of aromatic nitrogens is 1. The standard InChI is InChI=1S/C12H23N5O2S/c1-4-10(2)17(3)9-8-15-20(18,19)11-6-5-7-14-12(11)16-13/h5-7,10,15H,4,8-9,13H2,1-3H3,(H,14,16). The van der Waals surface area contributed by atoms with Crippen LogP contribution in [-0.2, 0) is 10.0 Å². The van der Waals surface area contributed by atoms with Crippen molar-refractivity contribution in [2.75, 3.05) is 25.6 Å². The van der Waals surface area contributed by atoms with E-state index in [1.807, 2.05) is 7.05 Å². The number of likely N-dealkylation sites (N-methyl/N-ethyl adjacent to an activating group) is 1. The predicted octanol–water partition coefficient (Wildman–Crippen LogP) is 0.376. The minimum Gasteiger partial charge on any atom is -0.307 e. The lowest BCUT2D eigenvalue weighted by Crippen LogP contribution is -2.37. The van der Waals surface area contributed by atoms with Crippen LogP contribution < -0.4 is 16.0 Å². The van der Waals surface area contributed by atoms with Gasteiger partial charge in [0.25, 0.3) is 0 Å². The number of pyridine rings is 1. The summed E-state index contributed by atoms with van der Waals surface area (Å²) in [7, 11) is -1.64. The molecule has 7 nitrogen and oxygen atoms in total. The van der Waals surface area contributed by atoms with Crippen LogP contribution in [0.4, 0.5) is 5.82 Å². The Morgan fingerprint density at radius 1 is 1.50 bits per heavy atom. The van der Waals surface area contributed by atoms with E-state index in [2.05, 4.69) is 33.9 Å². The Morgan fingerprint density at radius 3 is 2.80 bits per heavy atom. The highest BCUT2D eigenvalue weighted by atomic mass is 32.2. The monoisotopic (exact) mass is 301 g/mol. The van der Waals surface area contributed by atoms with Gasteiger partial charge in [0.2, 0.25) is 10.0 Å². The molecule has 0 aromatic carbocycles. The zero-order valence-corrected chi connectivity index (χ0v) is 12.9. The highest BCUT2D eigenvalue weighted by Crippen LogP contribution is 2.16. The molecule has 0 saturated carbocycles. The van der Waals surface area contributed by atoms with Gasteiger partial charge in [-0.3, -0.25) is 0 Å². The van der Waals surface area contributed by atoms with Crippen LogP contribution in [0.2, 0.25) is 0 Å². The van der Waals surface area contributed by atoms with Gasteiger partial charge in [-0.15, -0.1) is 0 Å². The number of hydrogen-bond donors (Lipinski definition) is 3. The molecule has 0 aliphatic rings. The number of hydrazine groups is 1. The molecular weight excluding hydrogens is 278 g/mol. The first-order valence-electron chi connectivity index (χ1n) is 6.54. The Balaban J connectivity index is 2.67. The number of rotatable bonds is 8. The van der Waals surface area contributed by atoms with E-state index in [9.17, 15) is 8.42 Å². The van der Waals surface area contributed by atoms with Gasteiger partial charge in [0.05, 0.1) is 0 Å². The Hall–Kier alpha value is -1.22. The first-order valence-corrected chi connectivity index (χ1v) is 8.02. The molecule has 0 aliphatic heterocycles. The highest BCUT2D eigenvalue weighted by molar-refractivity contribution is 7.89. The molecule has 0 fully saturated rings. The largest absolute Gasteiger partial charge is 0.307 e. The molecule has 1 aromatic heterocycles. The van der Waals surface area contributed by atoms with Gasteiger partial charge in [0.15, 0.2) is 5.82 Å². The SMILES string of the molecule is CCC(C)N(C)CCNS(=O)(=O)c1cccnc1NN. The summed E-state index contributed by atoms with van der Waals surface area (Å²) in [6.45, 7) is 5.17. The maximum Gasteiger partial charge on any atom is 0.244 e. The van der Waals surface area contributed by atoms with E-state index < -0.39 is 10.0 Å². The van der Waals surface area contributed by atoms with Crippen molar-refractivity contribution in [2.24, 2.45) is 5.84 Å². The summed E-state index contributed by atoms with van der Waals surface area (Å²) in [6.07, 6.45) is 2.50. The van der Waals surface area contributed by atoms with Gasteiger partial charge in [0, 0.05) is 25.3 Å². The first-order chi connectivity index (χ1) is 9.42. The molecule has 1 atom stereocenters. The second-order valence-electron chi connectivity index (χ2n) is 4.63. The Labute approximate surface area is 120 Å². The topological polar surface area (TPSA) is 100 Å². The van der Waals surface area contributed by atoms with Crippen molar-refractivity contribution in [1.82, 2.24) is 14.6 Å². The molecule has 0 amide bonds. The average molecular weight is 301 g/mol. The molecule has 0 spiro atoms. The fourth-order valence-corrected chi connectivity index (χ4v) is 2.82. The molecule has 0 bridgehead atoms. The maximum atomic E-state index is 12.2. The minimum atomic E-state index is -3.61. The number of nitrogens with one attached hydrogen (secondary N) is 2. The summed E-state index contributed by atoms with van der Waals surface area (Å²) >= 11 is 0. The summed E-state index contributed by atoms with van der Waals surface area (Å²) < 4.78 is 26.9. The molecule has 114 valence electrons. The van der Waals surface area contributed by atoms with Gasteiger partial charge in [-0.25, -0.2) is 24.0 Å². The van der Waals surface area contributed by atoms with Gasteiger partial charge in [-0.2, -0.15) is 0 Å². The zero-order chi connectivity index (χ0) is 15.2. The first kappa shape index (κ1) is 16.8. The molecule has 1 aromatic rings. The molecular formula is C12H23N5O2S. The van der Waals surface area contributed by atoms with Crippen molar-refractivity contribution in [3.63, 3.8) is 0 Å². The number of nitrogen functional groups attached to an aromatic ring is 1. The van der Waals surface area contributed by atoms with E-state index in [1.165, 1.54) is 12.3 Å². The van der Waals surface area contributed by atoms with Crippen molar-refractivity contribution >= 4 is 15.8 Å². The summed E-state index contributed by atoms with van der Waals surface area (Å²) in [5.41, 5.74) is 2.29. The van der Waals surface area contributed by atoms with Crippen molar-refractivity contribution in [3.8, 4) is 0 Å². The lowest BCUT2D eigenvalue weighted by atomic mass is 10.2. The fourth-order valence-electron chi connectivity index (χ4n) is 1.68. The summed E-state index contributed by atoms with van der Waals surface area (Å²) in [5, 5.41) is 0. The fraction of sp³-hybridized carbons (Fsp3) is 0.583. The number of anilines is 1. The third-order valence-corrected chi connectivity index (χ3v) is 4.79. The predicted molar refractivity (Wildman–Crippen MR) is 79.6 cm³/mol. The number of nitrogens with zero attached hydrogens (tertiary/aromatic N) is 2. The van der Waals surface area contributed by atoms with Crippen LogP contribution in [0.25, 0.3) is 0 Å². The Morgan fingerprint density at radius 2 is 2.20 bits per heavy atom. The van der Waals surface area contributed by atoms with Crippen LogP contribution in [0.1, 0.15) is 20.3 Å². The molecule has 20 heavy (non-hydrogen) atoms.